The van der Waals surface area contributed by atoms with Crippen molar-refractivity contribution >= 4 is 44.5 Å². The topological polar surface area (TPSA) is 115 Å². The molecular formula is C25H25N7O3S. The SMILES string of the molecule is C#CCN(C(=O)NCc1ccccc1)N1CC(=O)N2CC(=O)N(Cc3cccc4sc(N)nc34)C[C@@H]21. The number of nitrogens with one attached hydrogen (secondary N) is 1. The maximum Gasteiger partial charge on any atom is 0.333 e. The molecule has 4 amide bonds. The number of thiazole rings is 1. The highest BCUT2D eigenvalue weighted by Gasteiger charge is 2.47. The first-order chi connectivity index (χ1) is 17.4. The molecule has 3 aromatic rings. The smallest absolute Gasteiger partial charge is 0.333 e. The fourth-order valence-corrected chi connectivity index (χ4v) is 5.36. The van der Waals surface area contributed by atoms with Crippen molar-refractivity contribution in [3.8, 4) is 12.3 Å². The normalized spacial score (nSPS) is 17.8. The average molecular weight is 504 g/mol. The lowest BCUT2D eigenvalue weighted by molar-refractivity contribution is -0.149. The molecule has 0 saturated carbocycles. The van der Waals surface area contributed by atoms with Gasteiger partial charge in [0.25, 0.3) is 0 Å². The molecule has 3 heterocycles. The standard InChI is InChI=1S/C25H25N7O3S/c1-2-11-31(25(35)27-12-17-7-4-3-5-8-17)32-16-22(34)30-15-21(33)29(14-20(30)32)13-18-9-6-10-19-23(18)28-24(26)36-19/h1,3-10,20H,11-16H2,(H2,26,28)(H,27,35)/t20-/m0/s1. The van der Waals surface area contributed by atoms with E-state index in [0.717, 1.165) is 21.3 Å². The molecular weight excluding hydrogens is 478 g/mol. The Kier molecular flexibility index (Phi) is 6.45. The molecule has 11 heteroatoms. The van der Waals surface area contributed by atoms with Gasteiger partial charge in [0, 0.05) is 13.1 Å². The predicted octanol–water partition coefficient (Wildman–Crippen LogP) is 1.45. The number of hydrazine groups is 1. The van der Waals surface area contributed by atoms with Gasteiger partial charge in [0.1, 0.15) is 12.7 Å². The summed E-state index contributed by atoms with van der Waals surface area (Å²) < 4.78 is 0.948. The van der Waals surface area contributed by atoms with Gasteiger partial charge in [0.05, 0.1) is 29.9 Å². The summed E-state index contributed by atoms with van der Waals surface area (Å²) in [6.45, 7) is 0.760. The van der Waals surface area contributed by atoms with Crippen molar-refractivity contribution in [1.82, 2.24) is 30.1 Å². The van der Waals surface area contributed by atoms with Crippen LogP contribution in [-0.4, -0.2) is 75.0 Å². The number of para-hydroxylation sites is 1. The minimum Gasteiger partial charge on any atom is -0.375 e. The number of rotatable bonds is 6. The number of nitrogens with two attached hydrogens (primary N) is 1. The van der Waals surface area contributed by atoms with Crippen LogP contribution in [0.2, 0.25) is 0 Å². The molecule has 184 valence electrons. The second-order valence-corrected chi connectivity index (χ2v) is 9.66. The summed E-state index contributed by atoms with van der Waals surface area (Å²) in [5.41, 5.74) is 8.48. The van der Waals surface area contributed by atoms with Crippen molar-refractivity contribution < 1.29 is 14.4 Å². The van der Waals surface area contributed by atoms with Gasteiger partial charge >= 0.3 is 6.03 Å². The summed E-state index contributed by atoms with van der Waals surface area (Å²) in [5, 5.41) is 6.37. The van der Waals surface area contributed by atoms with E-state index in [-0.39, 0.29) is 38.0 Å². The summed E-state index contributed by atoms with van der Waals surface area (Å²) in [4.78, 5) is 46.5. The predicted molar refractivity (Wildman–Crippen MR) is 136 cm³/mol. The summed E-state index contributed by atoms with van der Waals surface area (Å²) in [6, 6.07) is 14.9. The van der Waals surface area contributed by atoms with Crippen molar-refractivity contribution in [3.05, 3.63) is 59.7 Å². The lowest BCUT2D eigenvalue weighted by Gasteiger charge is -2.42. The highest BCUT2D eigenvalue weighted by atomic mass is 32.1. The zero-order valence-corrected chi connectivity index (χ0v) is 20.3. The molecule has 2 fully saturated rings. The van der Waals surface area contributed by atoms with E-state index < -0.39 is 12.2 Å². The molecule has 2 aromatic carbocycles. The Bertz CT molecular complexity index is 1350. The zero-order chi connectivity index (χ0) is 25.2. The van der Waals surface area contributed by atoms with Gasteiger partial charge in [-0.3, -0.25) is 9.59 Å². The average Bonchev–Trinajstić information content (AvgIpc) is 3.41. The number of benzene rings is 2. The van der Waals surface area contributed by atoms with Crippen molar-refractivity contribution in [2.24, 2.45) is 0 Å². The number of piperazine rings is 1. The molecule has 0 spiro atoms. The Morgan fingerprint density at radius 2 is 1.97 bits per heavy atom. The number of urea groups is 1. The number of anilines is 1. The van der Waals surface area contributed by atoms with Gasteiger partial charge in [-0.25, -0.2) is 14.8 Å². The second-order valence-electron chi connectivity index (χ2n) is 8.60. The Labute approximate surface area is 212 Å². The van der Waals surface area contributed by atoms with Crippen LogP contribution in [-0.2, 0) is 22.7 Å². The molecule has 2 saturated heterocycles. The van der Waals surface area contributed by atoms with Crippen molar-refractivity contribution in [3.63, 3.8) is 0 Å². The summed E-state index contributed by atoms with van der Waals surface area (Å²) >= 11 is 1.39. The molecule has 5 rings (SSSR count). The number of amides is 4. The molecule has 0 aliphatic carbocycles. The third-order valence-electron chi connectivity index (χ3n) is 6.32. The third-order valence-corrected chi connectivity index (χ3v) is 7.17. The van der Waals surface area contributed by atoms with E-state index in [1.165, 1.54) is 21.2 Å². The molecule has 36 heavy (non-hydrogen) atoms. The lowest BCUT2D eigenvalue weighted by Crippen LogP contribution is -2.62. The molecule has 0 radical (unpaired) electrons. The van der Waals surface area contributed by atoms with Gasteiger partial charge in [0.2, 0.25) is 11.8 Å². The van der Waals surface area contributed by atoms with Crippen LogP contribution in [0.4, 0.5) is 9.93 Å². The van der Waals surface area contributed by atoms with Crippen molar-refractivity contribution in [2.75, 3.05) is 31.9 Å². The second kappa shape index (κ2) is 9.85. The Morgan fingerprint density at radius 3 is 2.75 bits per heavy atom. The highest BCUT2D eigenvalue weighted by Crippen LogP contribution is 2.29. The number of hydrogen-bond donors (Lipinski definition) is 2. The number of fused-ring (bicyclic) bond motifs is 2. The largest absolute Gasteiger partial charge is 0.375 e. The third kappa shape index (κ3) is 4.56. The maximum atomic E-state index is 13.1. The first-order valence-electron chi connectivity index (χ1n) is 11.4. The Morgan fingerprint density at radius 1 is 1.17 bits per heavy atom. The molecule has 1 aromatic heterocycles. The number of hydrogen-bond acceptors (Lipinski definition) is 7. The quantitative estimate of drug-likeness (QED) is 0.492. The number of nitrogen functional groups attached to an aromatic ring is 1. The van der Waals surface area contributed by atoms with Crippen LogP contribution in [0.1, 0.15) is 11.1 Å². The van der Waals surface area contributed by atoms with E-state index in [9.17, 15) is 14.4 Å². The fraction of sp³-hybridized carbons (Fsp3) is 0.280. The summed E-state index contributed by atoms with van der Waals surface area (Å²) in [7, 11) is 0. The van der Waals surface area contributed by atoms with E-state index in [1.807, 2.05) is 48.5 Å². The molecule has 10 nitrogen and oxygen atoms in total. The summed E-state index contributed by atoms with van der Waals surface area (Å²) in [5.74, 6) is 2.12. The van der Waals surface area contributed by atoms with Crippen LogP contribution in [0.5, 0.6) is 0 Å². The minimum atomic E-state index is -0.509. The number of carbonyl (C=O) groups is 3. The molecule has 2 aliphatic heterocycles. The maximum absolute atomic E-state index is 13.1. The van der Waals surface area contributed by atoms with Crippen LogP contribution >= 0.6 is 11.3 Å². The fourth-order valence-electron chi connectivity index (χ4n) is 4.58. The Balaban J connectivity index is 1.34. The molecule has 0 unspecified atom stereocenters. The Hall–Kier alpha value is -4.14. The number of terminal acetylenes is 1. The van der Waals surface area contributed by atoms with Crippen LogP contribution in [0.15, 0.2) is 48.5 Å². The van der Waals surface area contributed by atoms with Crippen LogP contribution in [0, 0.1) is 12.3 Å². The number of nitrogens with zero attached hydrogens (tertiary/aromatic N) is 5. The number of aromatic nitrogens is 1. The molecule has 0 bridgehead atoms. The minimum absolute atomic E-state index is 0.0103. The summed E-state index contributed by atoms with van der Waals surface area (Å²) in [6.07, 6.45) is 5.06. The van der Waals surface area contributed by atoms with E-state index in [2.05, 4.69) is 16.2 Å². The molecule has 2 aliphatic rings. The zero-order valence-electron chi connectivity index (χ0n) is 19.5. The van der Waals surface area contributed by atoms with Gasteiger partial charge < -0.3 is 20.9 Å². The van der Waals surface area contributed by atoms with E-state index in [0.29, 0.717) is 18.2 Å². The van der Waals surface area contributed by atoms with E-state index in [4.69, 9.17) is 12.2 Å². The van der Waals surface area contributed by atoms with Crippen molar-refractivity contribution in [2.45, 2.75) is 19.3 Å². The van der Waals surface area contributed by atoms with Gasteiger partial charge in [-0.1, -0.05) is 59.7 Å². The van der Waals surface area contributed by atoms with Gasteiger partial charge in [0.15, 0.2) is 5.13 Å². The monoisotopic (exact) mass is 503 g/mol. The lowest BCUT2D eigenvalue weighted by atomic mass is 10.1. The first-order valence-corrected chi connectivity index (χ1v) is 12.3. The molecule has 1 atom stereocenters. The van der Waals surface area contributed by atoms with Crippen LogP contribution < -0.4 is 11.1 Å². The van der Waals surface area contributed by atoms with Gasteiger partial charge in [-0.15, -0.1) is 6.42 Å². The molecule has 3 N–H and O–H groups in total. The first kappa shape index (κ1) is 23.6. The van der Waals surface area contributed by atoms with Crippen LogP contribution in [0.3, 0.4) is 0 Å². The van der Waals surface area contributed by atoms with Crippen molar-refractivity contribution in [1.29, 1.82) is 0 Å². The van der Waals surface area contributed by atoms with Gasteiger partial charge in [-0.05, 0) is 17.2 Å². The van der Waals surface area contributed by atoms with Crippen LogP contribution in [0.25, 0.3) is 10.2 Å². The van der Waals surface area contributed by atoms with Gasteiger partial charge in [-0.2, -0.15) is 5.01 Å². The van der Waals surface area contributed by atoms with E-state index in [1.54, 1.807) is 9.91 Å². The van der Waals surface area contributed by atoms with E-state index >= 15 is 0 Å². The highest BCUT2D eigenvalue weighted by molar-refractivity contribution is 7.22. The number of carbonyl (C=O) groups excluding carboxylic acids is 3.